The molecule has 7 nitrogen and oxygen atoms in total. The molecule has 0 saturated carbocycles. The van der Waals surface area contributed by atoms with E-state index in [1.165, 1.54) is 16.1 Å². The third-order valence-electron chi connectivity index (χ3n) is 4.51. The van der Waals surface area contributed by atoms with Gasteiger partial charge in [-0.2, -0.15) is 5.26 Å². The summed E-state index contributed by atoms with van der Waals surface area (Å²) in [6.07, 6.45) is 3.28. The number of aromatic nitrogens is 2. The molecular formula is C18H17N5O2S. The van der Waals surface area contributed by atoms with Gasteiger partial charge in [0.25, 0.3) is 10.0 Å². The fourth-order valence-electron chi connectivity index (χ4n) is 3.24. The smallest absolute Gasteiger partial charge is 0.269 e. The Kier molecular flexibility index (Phi) is 4.11. The average Bonchev–Trinajstić information content (AvgIpc) is 3.09. The number of rotatable bonds is 3. The predicted molar refractivity (Wildman–Crippen MR) is 98.6 cm³/mol. The first kappa shape index (κ1) is 16.6. The standard InChI is InChI=1S/C18H17N5O2S/c19-12-14-4-1-2-6-17(14)26(24,25)23-13-16(22-10-8-20-9-11-22)18-15(23)5-3-7-21-18/h1-7,13,20H,8-11H2. The van der Waals surface area contributed by atoms with E-state index in [1.807, 2.05) is 6.07 Å². The second-order valence-corrected chi connectivity index (χ2v) is 7.81. The summed E-state index contributed by atoms with van der Waals surface area (Å²) in [4.78, 5) is 6.54. The Hall–Kier alpha value is -2.89. The van der Waals surface area contributed by atoms with Crippen LogP contribution in [0.5, 0.6) is 0 Å². The number of nitriles is 1. The number of anilines is 1. The lowest BCUT2D eigenvalue weighted by atomic mass is 10.2. The fraction of sp³-hybridized carbons (Fsp3) is 0.222. The van der Waals surface area contributed by atoms with Gasteiger partial charge in [0.1, 0.15) is 16.5 Å². The van der Waals surface area contributed by atoms with Gasteiger partial charge in [-0.1, -0.05) is 12.1 Å². The first-order valence-corrected chi connectivity index (χ1v) is 9.73. The van der Waals surface area contributed by atoms with Gasteiger partial charge in [0.05, 0.1) is 16.8 Å². The second kappa shape index (κ2) is 6.44. The van der Waals surface area contributed by atoms with Gasteiger partial charge in [0.2, 0.25) is 0 Å². The molecule has 26 heavy (non-hydrogen) atoms. The van der Waals surface area contributed by atoms with Crippen LogP contribution in [-0.4, -0.2) is 43.6 Å². The molecule has 2 aromatic heterocycles. The van der Waals surface area contributed by atoms with Gasteiger partial charge >= 0.3 is 0 Å². The van der Waals surface area contributed by atoms with Crippen LogP contribution in [0.2, 0.25) is 0 Å². The summed E-state index contributed by atoms with van der Waals surface area (Å²) < 4.78 is 27.8. The Balaban J connectivity index is 1.93. The third kappa shape index (κ3) is 2.62. The highest BCUT2D eigenvalue weighted by molar-refractivity contribution is 7.90. The molecule has 1 fully saturated rings. The maximum atomic E-state index is 13.3. The molecule has 1 aliphatic rings. The summed E-state index contributed by atoms with van der Waals surface area (Å²) in [5, 5.41) is 12.6. The van der Waals surface area contributed by atoms with Crippen LogP contribution in [0, 0.1) is 11.3 Å². The normalized spacial score (nSPS) is 15.1. The second-order valence-electron chi connectivity index (χ2n) is 6.03. The largest absolute Gasteiger partial charge is 0.366 e. The molecule has 3 aromatic rings. The molecule has 0 aliphatic carbocycles. The maximum absolute atomic E-state index is 13.3. The van der Waals surface area contributed by atoms with Crippen LogP contribution >= 0.6 is 0 Å². The number of nitrogens with one attached hydrogen (secondary N) is 1. The monoisotopic (exact) mass is 367 g/mol. The molecule has 8 heteroatoms. The number of piperazine rings is 1. The molecule has 0 radical (unpaired) electrons. The minimum absolute atomic E-state index is 0.00452. The van der Waals surface area contributed by atoms with Crippen LogP contribution in [0.15, 0.2) is 53.7 Å². The zero-order chi connectivity index (χ0) is 18.1. The van der Waals surface area contributed by atoms with Crippen molar-refractivity contribution in [2.24, 2.45) is 0 Å². The lowest BCUT2D eigenvalue weighted by molar-refractivity contribution is 0.586. The number of nitrogens with zero attached hydrogens (tertiary/aromatic N) is 4. The summed E-state index contributed by atoms with van der Waals surface area (Å²) in [5.41, 5.74) is 2.07. The van der Waals surface area contributed by atoms with Crippen molar-refractivity contribution in [1.29, 1.82) is 5.26 Å². The van der Waals surface area contributed by atoms with Crippen molar-refractivity contribution < 1.29 is 8.42 Å². The van der Waals surface area contributed by atoms with Crippen molar-refractivity contribution >= 4 is 26.7 Å². The molecule has 4 rings (SSSR count). The molecule has 1 aromatic carbocycles. The predicted octanol–water partition coefficient (Wildman–Crippen LogP) is 1.55. The first-order valence-electron chi connectivity index (χ1n) is 8.29. The molecule has 0 unspecified atom stereocenters. The van der Waals surface area contributed by atoms with Gasteiger partial charge in [-0.3, -0.25) is 4.98 Å². The van der Waals surface area contributed by atoms with E-state index in [2.05, 4.69) is 15.2 Å². The van der Waals surface area contributed by atoms with E-state index < -0.39 is 10.0 Å². The first-order chi connectivity index (χ1) is 12.6. The van der Waals surface area contributed by atoms with Gasteiger partial charge in [0.15, 0.2) is 0 Å². The number of hydrogen-bond donors (Lipinski definition) is 1. The van der Waals surface area contributed by atoms with Crippen LogP contribution in [0.25, 0.3) is 11.0 Å². The highest BCUT2D eigenvalue weighted by Crippen LogP contribution is 2.31. The summed E-state index contributed by atoms with van der Waals surface area (Å²) in [6, 6.07) is 11.7. The lowest BCUT2D eigenvalue weighted by Crippen LogP contribution is -2.43. The molecule has 1 N–H and O–H groups in total. The average molecular weight is 367 g/mol. The van der Waals surface area contributed by atoms with E-state index in [-0.39, 0.29) is 10.5 Å². The zero-order valence-electron chi connectivity index (χ0n) is 14.0. The van der Waals surface area contributed by atoms with Gasteiger partial charge in [-0.15, -0.1) is 0 Å². The van der Waals surface area contributed by atoms with Crippen molar-refractivity contribution in [3.05, 3.63) is 54.4 Å². The zero-order valence-corrected chi connectivity index (χ0v) is 14.8. The van der Waals surface area contributed by atoms with Crippen LogP contribution in [0.1, 0.15) is 5.56 Å². The molecule has 0 spiro atoms. The summed E-state index contributed by atoms with van der Waals surface area (Å²) in [7, 11) is -3.91. The van der Waals surface area contributed by atoms with Gasteiger partial charge in [0, 0.05) is 38.6 Å². The SMILES string of the molecule is N#Cc1ccccc1S(=O)(=O)n1cc(N2CCNCC2)c2ncccc21. The minimum atomic E-state index is -3.91. The Bertz CT molecular complexity index is 1110. The van der Waals surface area contributed by atoms with Crippen molar-refractivity contribution in [2.75, 3.05) is 31.1 Å². The number of hydrogen-bond acceptors (Lipinski definition) is 6. The molecule has 1 aliphatic heterocycles. The minimum Gasteiger partial charge on any atom is -0.366 e. The molecule has 0 atom stereocenters. The Morgan fingerprint density at radius 1 is 1.12 bits per heavy atom. The van der Waals surface area contributed by atoms with Gasteiger partial charge in [-0.25, -0.2) is 12.4 Å². The van der Waals surface area contributed by atoms with Crippen molar-refractivity contribution in [3.63, 3.8) is 0 Å². The van der Waals surface area contributed by atoms with E-state index in [4.69, 9.17) is 0 Å². The summed E-state index contributed by atoms with van der Waals surface area (Å²) in [6.45, 7) is 3.24. The van der Waals surface area contributed by atoms with Crippen LogP contribution in [0.4, 0.5) is 5.69 Å². The van der Waals surface area contributed by atoms with Gasteiger partial charge < -0.3 is 10.2 Å². The molecule has 1 saturated heterocycles. The van der Waals surface area contributed by atoms with E-state index in [1.54, 1.807) is 36.7 Å². The van der Waals surface area contributed by atoms with E-state index in [0.717, 1.165) is 31.9 Å². The van der Waals surface area contributed by atoms with Crippen LogP contribution < -0.4 is 10.2 Å². The summed E-state index contributed by atoms with van der Waals surface area (Å²) >= 11 is 0. The van der Waals surface area contributed by atoms with E-state index >= 15 is 0 Å². The van der Waals surface area contributed by atoms with Crippen molar-refractivity contribution in [1.82, 2.24) is 14.3 Å². The highest BCUT2D eigenvalue weighted by Gasteiger charge is 2.26. The number of benzene rings is 1. The van der Waals surface area contributed by atoms with Crippen LogP contribution in [-0.2, 0) is 10.0 Å². The summed E-state index contributed by atoms with van der Waals surface area (Å²) in [5.74, 6) is 0. The molecule has 0 bridgehead atoms. The topological polar surface area (TPSA) is 91.0 Å². The Labute approximate surface area is 151 Å². The fourth-order valence-corrected chi connectivity index (χ4v) is 4.74. The third-order valence-corrected chi connectivity index (χ3v) is 6.24. The highest BCUT2D eigenvalue weighted by atomic mass is 32.2. The van der Waals surface area contributed by atoms with Crippen LogP contribution in [0.3, 0.4) is 0 Å². The number of pyridine rings is 1. The van der Waals surface area contributed by atoms with Crippen molar-refractivity contribution in [3.8, 4) is 6.07 Å². The maximum Gasteiger partial charge on any atom is 0.269 e. The quantitative estimate of drug-likeness (QED) is 0.755. The molecule has 0 amide bonds. The molecule has 132 valence electrons. The van der Waals surface area contributed by atoms with E-state index in [9.17, 15) is 13.7 Å². The van der Waals surface area contributed by atoms with E-state index in [0.29, 0.717) is 11.0 Å². The number of fused-ring (bicyclic) bond motifs is 1. The Morgan fingerprint density at radius 2 is 1.88 bits per heavy atom. The van der Waals surface area contributed by atoms with Crippen molar-refractivity contribution in [2.45, 2.75) is 4.90 Å². The van der Waals surface area contributed by atoms with Gasteiger partial charge in [-0.05, 0) is 24.3 Å². The Morgan fingerprint density at radius 3 is 2.65 bits per heavy atom. The molecular weight excluding hydrogens is 350 g/mol. The molecule has 3 heterocycles. The lowest BCUT2D eigenvalue weighted by Gasteiger charge is -2.28.